The van der Waals surface area contributed by atoms with Crippen LogP contribution >= 0.6 is 0 Å². The van der Waals surface area contributed by atoms with Crippen molar-refractivity contribution in [2.75, 3.05) is 13.2 Å². The highest BCUT2D eigenvalue weighted by Gasteiger charge is 2.30. The first-order valence-electron chi connectivity index (χ1n) is 11.5. The van der Waals surface area contributed by atoms with Crippen molar-refractivity contribution < 1.29 is 19.4 Å². The first kappa shape index (κ1) is 23.9. The Hall–Kier alpha value is -3.20. The SMILES string of the molecule is O=C(c1ccc(C[C@@H]2CC[C@H](C(O)c3cccnc3)N2)cc1)N(CCO)Cc1cccnc1F. The Morgan fingerprint density at radius 3 is 2.65 bits per heavy atom. The molecule has 34 heavy (non-hydrogen) atoms. The van der Waals surface area contributed by atoms with E-state index in [1.54, 1.807) is 36.7 Å². The number of carbonyl (C=O) groups is 1. The van der Waals surface area contributed by atoms with Crippen molar-refractivity contribution >= 4 is 5.91 Å². The summed E-state index contributed by atoms with van der Waals surface area (Å²) in [5.74, 6) is -0.896. The summed E-state index contributed by atoms with van der Waals surface area (Å²) < 4.78 is 13.9. The maximum atomic E-state index is 13.9. The number of carbonyl (C=O) groups excluding carboxylic acids is 1. The molecule has 1 amide bonds. The zero-order valence-corrected chi connectivity index (χ0v) is 18.8. The number of nitrogens with one attached hydrogen (secondary N) is 1. The first-order valence-corrected chi connectivity index (χ1v) is 11.5. The van der Waals surface area contributed by atoms with E-state index in [0.717, 1.165) is 30.4 Å². The van der Waals surface area contributed by atoms with Crippen molar-refractivity contribution in [3.8, 4) is 0 Å². The summed E-state index contributed by atoms with van der Waals surface area (Å²) in [6, 6.07) is 14.5. The average Bonchev–Trinajstić information content (AvgIpc) is 3.33. The fourth-order valence-corrected chi connectivity index (χ4v) is 4.41. The number of hydrogen-bond donors (Lipinski definition) is 3. The molecule has 3 aromatic rings. The Kier molecular flexibility index (Phi) is 7.95. The summed E-state index contributed by atoms with van der Waals surface area (Å²) >= 11 is 0. The molecular weight excluding hydrogens is 435 g/mol. The van der Waals surface area contributed by atoms with Gasteiger partial charge in [0.1, 0.15) is 0 Å². The summed E-state index contributed by atoms with van der Waals surface area (Å²) in [7, 11) is 0. The van der Waals surface area contributed by atoms with Crippen molar-refractivity contribution in [1.29, 1.82) is 0 Å². The number of amides is 1. The molecule has 1 aliphatic heterocycles. The van der Waals surface area contributed by atoms with Crippen LogP contribution in [0.5, 0.6) is 0 Å². The molecule has 3 N–H and O–H groups in total. The lowest BCUT2D eigenvalue weighted by molar-refractivity contribution is 0.0705. The Balaban J connectivity index is 1.36. The van der Waals surface area contributed by atoms with Gasteiger partial charge in [0.2, 0.25) is 5.95 Å². The minimum absolute atomic E-state index is 0.0186. The van der Waals surface area contributed by atoms with Crippen LogP contribution in [0.3, 0.4) is 0 Å². The first-order chi connectivity index (χ1) is 16.5. The largest absolute Gasteiger partial charge is 0.395 e. The van der Waals surface area contributed by atoms with E-state index in [0.29, 0.717) is 11.1 Å². The summed E-state index contributed by atoms with van der Waals surface area (Å²) in [6.45, 7) is -0.0832. The molecule has 1 unspecified atom stereocenters. The third kappa shape index (κ3) is 5.83. The lowest BCUT2D eigenvalue weighted by Gasteiger charge is -2.22. The van der Waals surface area contributed by atoms with Crippen LogP contribution in [0, 0.1) is 5.95 Å². The van der Waals surface area contributed by atoms with Gasteiger partial charge in [0.15, 0.2) is 0 Å². The molecule has 0 bridgehead atoms. The molecule has 0 saturated carbocycles. The number of halogens is 1. The summed E-state index contributed by atoms with van der Waals surface area (Å²) in [5, 5.41) is 23.5. The van der Waals surface area contributed by atoms with E-state index in [2.05, 4.69) is 15.3 Å². The van der Waals surface area contributed by atoms with Gasteiger partial charge in [-0.05, 0) is 49.1 Å². The van der Waals surface area contributed by atoms with Gasteiger partial charge in [-0.3, -0.25) is 9.78 Å². The van der Waals surface area contributed by atoms with E-state index in [4.69, 9.17) is 0 Å². The van der Waals surface area contributed by atoms with E-state index >= 15 is 0 Å². The van der Waals surface area contributed by atoms with E-state index < -0.39 is 12.1 Å². The molecule has 178 valence electrons. The number of aromatic nitrogens is 2. The topological polar surface area (TPSA) is 98.6 Å². The van der Waals surface area contributed by atoms with Crippen molar-refractivity contribution in [3.05, 3.63) is 95.3 Å². The van der Waals surface area contributed by atoms with Crippen LogP contribution in [0.15, 0.2) is 67.1 Å². The zero-order valence-electron chi connectivity index (χ0n) is 18.8. The molecule has 1 fully saturated rings. The number of rotatable bonds is 9. The van der Waals surface area contributed by atoms with Gasteiger partial charge in [-0.15, -0.1) is 0 Å². The van der Waals surface area contributed by atoms with Gasteiger partial charge in [0, 0.05) is 53.9 Å². The van der Waals surface area contributed by atoms with Crippen LogP contribution < -0.4 is 5.32 Å². The molecule has 1 aliphatic rings. The second kappa shape index (κ2) is 11.3. The lowest BCUT2D eigenvalue weighted by atomic mass is 10.0. The molecule has 1 saturated heterocycles. The van der Waals surface area contributed by atoms with Crippen LogP contribution in [-0.4, -0.2) is 56.2 Å². The predicted molar refractivity (Wildman–Crippen MR) is 125 cm³/mol. The van der Waals surface area contributed by atoms with Crippen LogP contribution in [0.1, 0.15) is 46.0 Å². The van der Waals surface area contributed by atoms with Gasteiger partial charge < -0.3 is 20.4 Å². The Bertz CT molecular complexity index is 1080. The quantitative estimate of drug-likeness (QED) is 0.421. The number of aliphatic hydroxyl groups excluding tert-OH is 2. The van der Waals surface area contributed by atoms with Gasteiger partial charge in [-0.25, -0.2) is 4.98 Å². The van der Waals surface area contributed by atoms with Crippen LogP contribution in [0.2, 0.25) is 0 Å². The molecule has 7 nitrogen and oxygen atoms in total. The van der Waals surface area contributed by atoms with Crippen molar-refractivity contribution in [1.82, 2.24) is 20.2 Å². The van der Waals surface area contributed by atoms with E-state index in [-0.39, 0.29) is 37.7 Å². The third-order valence-corrected chi connectivity index (χ3v) is 6.22. The van der Waals surface area contributed by atoms with Crippen molar-refractivity contribution in [2.24, 2.45) is 0 Å². The second-order valence-corrected chi connectivity index (χ2v) is 8.58. The Morgan fingerprint density at radius 2 is 1.94 bits per heavy atom. The normalized spacial score (nSPS) is 18.6. The van der Waals surface area contributed by atoms with Gasteiger partial charge in [0.25, 0.3) is 5.91 Å². The van der Waals surface area contributed by atoms with E-state index in [1.165, 1.54) is 11.1 Å². The summed E-state index contributed by atoms with van der Waals surface area (Å²) in [6.07, 6.45) is 6.75. The van der Waals surface area contributed by atoms with Gasteiger partial charge in [0.05, 0.1) is 19.3 Å². The Labute approximate surface area is 198 Å². The van der Waals surface area contributed by atoms with E-state index in [1.807, 2.05) is 24.3 Å². The second-order valence-electron chi connectivity index (χ2n) is 8.58. The maximum Gasteiger partial charge on any atom is 0.254 e. The molecule has 3 atom stereocenters. The monoisotopic (exact) mass is 464 g/mol. The van der Waals surface area contributed by atoms with Gasteiger partial charge in [-0.1, -0.05) is 24.3 Å². The van der Waals surface area contributed by atoms with Crippen LogP contribution in [0.25, 0.3) is 0 Å². The highest BCUT2D eigenvalue weighted by Crippen LogP contribution is 2.26. The minimum Gasteiger partial charge on any atom is -0.395 e. The van der Waals surface area contributed by atoms with E-state index in [9.17, 15) is 19.4 Å². The molecular formula is C26H29FN4O3. The average molecular weight is 465 g/mol. The number of aliphatic hydroxyl groups is 2. The number of hydrogen-bond acceptors (Lipinski definition) is 6. The molecule has 0 spiro atoms. The molecule has 4 rings (SSSR count). The highest BCUT2D eigenvalue weighted by molar-refractivity contribution is 5.94. The third-order valence-electron chi connectivity index (χ3n) is 6.22. The number of benzene rings is 1. The number of pyridine rings is 2. The molecule has 0 aliphatic carbocycles. The fraction of sp³-hybridized carbons (Fsp3) is 0.346. The fourth-order valence-electron chi connectivity index (χ4n) is 4.41. The smallest absolute Gasteiger partial charge is 0.254 e. The molecule has 2 aromatic heterocycles. The van der Waals surface area contributed by atoms with Crippen LogP contribution in [-0.2, 0) is 13.0 Å². The van der Waals surface area contributed by atoms with Crippen LogP contribution in [0.4, 0.5) is 4.39 Å². The Morgan fingerprint density at radius 1 is 1.15 bits per heavy atom. The van der Waals surface area contributed by atoms with Crippen molar-refractivity contribution in [2.45, 2.75) is 44.0 Å². The zero-order chi connectivity index (χ0) is 23.9. The van der Waals surface area contributed by atoms with Gasteiger partial charge in [-0.2, -0.15) is 4.39 Å². The molecule has 1 aromatic carbocycles. The minimum atomic E-state index is -0.621. The number of nitrogens with zero attached hydrogens (tertiary/aromatic N) is 3. The lowest BCUT2D eigenvalue weighted by Crippen LogP contribution is -2.35. The summed E-state index contributed by atoms with van der Waals surface area (Å²) in [5.41, 5.74) is 2.67. The molecule has 8 heteroatoms. The standard InChI is InChI=1S/C26H29FN4O3/c27-25-21(4-2-12-29-25)17-31(13-14-32)26(34)19-7-5-18(6-8-19)15-22-9-10-23(30-22)24(33)20-3-1-11-28-16-20/h1-8,11-12,16,22-24,30,32-33H,9-10,13-15,17H2/t22-,23+,24?/m0/s1. The highest BCUT2D eigenvalue weighted by atomic mass is 19.1. The maximum absolute atomic E-state index is 13.9. The van der Waals surface area contributed by atoms with Crippen molar-refractivity contribution in [3.63, 3.8) is 0 Å². The molecule has 3 heterocycles. The predicted octanol–water partition coefficient (Wildman–Crippen LogP) is 2.65. The summed E-state index contributed by atoms with van der Waals surface area (Å²) in [4.78, 5) is 22.1. The van der Waals surface area contributed by atoms with Gasteiger partial charge >= 0.3 is 0 Å². The molecule has 0 radical (unpaired) electrons.